The van der Waals surface area contributed by atoms with Crippen molar-refractivity contribution in [2.45, 2.75) is 39.2 Å². The van der Waals surface area contributed by atoms with Gasteiger partial charge in [0.1, 0.15) is 5.75 Å². The Morgan fingerprint density at radius 3 is 2.69 bits per heavy atom. The largest absolute Gasteiger partial charge is 0.497 e. The lowest BCUT2D eigenvalue weighted by Gasteiger charge is -2.20. The Morgan fingerprint density at radius 1 is 1.31 bits per heavy atom. The fraction of sp³-hybridized carbons (Fsp3) is 0.571. The molecule has 2 rings (SSSR count). The second kappa shape index (κ2) is 4.77. The molecule has 0 radical (unpaired) electrons. The molecule has 0 spiro atoms. The number of benzene rings is 1. The second-order valence-electron chi connectivity index (χ2n) is 4.84. The molecular formula is C14H21NO. The van der Waals surface area contributed by atoms with Crippen LogP contribution in [0.3, 0.4) is 0 Å². The van der Waals surface area contributed by atoms with Crippen LogP contribution in [0.15, 0.2) is 18.2 Å². The van der Waals surface area contributed by atoms with Crippen LogP contribution in [0.2, 0.25) is 0 Å². The molecule has 1 aromatic carbocycles. The van der Waals surface area contributed by atoms with E-state index >= 15 is 0 Å². The van der Waals surface area contributed by atoms with Crippen LogP contribution in [-0.2, 0) is 0 Å². The number of aryl methyl sites for hydroxylation is 1. The molecule has 1 aromatic rings. The van der Waals surface area contributed by atoms with Gasteiger partial charge in [0.15, 0.2) is 0 Å². The summed E-state index contributed by atoms with van der Waals surface area (Å²) in [5, 5.41) is 3.65. The van der Waals surface area contributed by atoms with Gasteiger partial charge in [0.05, 0.1) is 7.11 Å². The van der Waals surface area contributed by atoms with Gasteiger partial charge in [-0.05, 0) is 49.4 Å². The van der Waals surface area contributed by atoms with Crippen LogP contribution in [0.4, 0.5) is 5.69 Å². The molecule has 16 heavy (non-hydrogen) atoms. The number of ether oxygens (including phenoxy) is 1. The Balaban J connectivity index is 2.09. The Hall–Kier alpha value is -1.18. The van der Waals surface area contributed by atoms with Crippen molar-refractivity contribution < 1.29 is 4.74 Å². The van der Waals surface area contributed by atoms with E-state index in [9.17, 15) is 0 Å². The lowest BCUT2D eigenvalue weighted by molar-refractivity contribution is 0.414. The number of nitrogens with one attached hydrogen (secondary N) is 1. The van der Waals surface area contributed by atoms with Crippen molar-refractivity contribution in [2.24, 2.45) is 5.92 Å². The van der Waals surface area contributed by atoms with E-state index < -0.39 is 0 Å². The van der Waals surface area contributed by atoms with Crippen molar-refractivity contribution in [1.29, 1.82) is 0 Å². The lowest BCUT2D eigenvalue weighted by atomic mass is 10.1. The second-order valence-corrected chi connectivity index (χ2v) is 4.84. The van der Waals surface area contributed by atoms with Crippen molar-refractivity contribution in [1.82, 2.24) is 0 Å². The fourth-order valence-electron chi connectivity index (χ4n) is 2.48. The quantitative estimate of drug-likeness (QED) is 0.838. The molecule has 2 unspecified atom stereocenters. The highest BCUT2D eigenvalue weighted by atomic mass is 16.5. The summed E-state index contributed by atoms with van der Waals surface area (Å²) < 4.78 is 5.21. The molecule has 0 aliphatic heterocycles. The summed E-state index contributed by atoms with van der Waals surface area (Å²) in [6.45, 7) is 4.47. The summed E-state index contributed by atoms with van der Waals surface area (Å²) in [4.78, 5) is 0. The number of methoxy groups -OCH3 is 1. The van der Waals surface area contributed by atoms with Gasteiger partial charge in [0, 0.05) is 11.7 Å². The Bertz CT molecular complexity index is 362. The summed E-state index contributed by atoms with van der Waals surface area (Å²) in [5.74, 6) is 1.73. The van der Waals surface area contributed by atoms with Gasteiger partial charge in [-0.1, -0.05) is 13.3 Å². The highest BCUT2D eigenvalue weighted by molar-refractivity contribution is 5.54. The maximum absolute atomic E-state index is 5.21. The third-order valence-electron chi connectivity index (χ3n) is 3.64. The van der Waals surface area contributed by atoms with Gasteiger partial charge < -0.3 is 10.1 Å². The normalized spacial score (nSPS) is 24.4. The van der Waals surface area contributed by atoms with Crippen molar-refractivity contribution in [3.8, 4) is 5.75 Å². The first-order chi connectivity index (χ1) is 7.70. The average molecular weight is 219 g/mol. The van der Waals surface area contributed by atoms with Gasteiger partial charge in [-0.2, -0.15) is 0 Å². The van der Waals surface area contributed by atoms with Crippen molar-refractivity contribution in [3.05, 3.63) is 23.8 Å². The first-order valence-electron chi connectivity index (χ1n) is 6.12. The SMILES string of the molecule is COc1ccc(NC2CCCC2C)c(C)c1. The first-order valence-corrected chi connectivity index (χ1v) is 6.12. The zero-order valence-corrected chi connectivity index (χ0v) is 10.4. The lowest BCUT2D eigenvalue weighted by Crippen LogP contribution is -2.22. The van der Waals surface area contributed by atoms with E-state index in [0.717, 1.165) is 11.7 Å². The molecule has 1 saturated carbocycles. The molecule has 0 aromatic heterocycles. The van der Waals surface area contributed by atoms with Gasteiger partial charge in [0.2, 0.25) is 0 Å². The highest BCUT2D eigenvalue weighted by Crippen LogP contribution is 2.30. The van der Waals surface area contributed by atoms with Gasteiger partial charge in [-0.25, -0.2) is 0 Å². The summed E-state index contributed by atoms with van der Waals surface area (Å²) in [7, 11) is 1.71. The zero-order chi connectivity index (χ0) is 11.5. The molecule has 0 saturated heterocycles. The predicted molar refractivity (Wildman–Crippen MR) is 68.2 cm³/mol. The van der Waals surface area contributed by atoms with Crippen LogP contribution in [-0.4, -0.2) is 13.2 Å². The van der Waals surface area contributed by atoms with E-state index in [1.807, 2.05) is 6.07 Å². The maximum atomic E-state index is 5.21. The minimum Gasteiger partial charge on any atom is -0.497 e. The molecule has 0 bridgehead atoms. The van der Waals surface area contributed by atoms with E-state index in [1.54, 1.807) is 7.11 Å². The van der Waals surface area contributed by atoms with E-state index in [-0.39, 0.29) is 0 Å². The van der Waals surface area contributed by atoms with Gasteiger partial charge in [0.25, 0.3) is 0 Å². The molecule has 88 valence electrons. The van der Waals surface area contributed by atoms with E-state index in [2.05, 4.69) is 31.3 Å². The molecule has 1 aliphatic rings. The fourth-order valence-corrected chi connectivity index (χ4v) is 2.48. The average Bonchev–Trinajstić information content (AvgIpc) is 2.67. The summed E-state index contributed by atoms with van der Waals surface area (Å²) in [6.07, 6.45) is 4.01. The van der Waals surface area contributed by atoms with Crippen LogP contribution < -0.4 is 10.1 Å². The molecule has 1 aliphatic carbocycles. The molecule has 1 N–H and O–H groups in total. The Labute approximate surface area is 98.0 Å². The number of hydrogen-bond donors (Lipinski definition) is 1. The van der Waals surface area contributed by atoms with Crippen molar-refractivity contribution in [3.63, 3.8) is 0 Å². The Morgan fingerprint density at radius 2 is 2.12 bits per heavy atom. The van der Waals surface area contributed by atoms with Gasteiger partial charge in [-0.3, -0.25) is 0 Å². The van der Waals surface area contributed by atoms with Gasteiger partial charge >= 0.3 is 0 Å². The van der Waals surface area contributed by atoms with E-state index in [4.69, 9.17) is 4.74 Å². The molecule has 1 fully saturated rings. The van der Waals surface area contributed by atoms with Crippen LogP contribution in [0.5, 0.6) is 5.75 Å². The smallest absolute Gasteiger partial charge is 0.119 e. The maximum Gasteiger partial charge on any atom is 0.119 e. The van der Waals surface area contributed by atoms with Crippen LogP contribution in [0, 0.1) is 12.8 Å². The number of hydrogen-bond acceptors (Lipinski definition) is 2. The minimum absolute atomic E-state index is 0.645. The predicted octanol–water partition coefficient (Wildman–Crippen LogP) is 3.60. The Kier molecular flexibility index (Phi) is 3.37. The van der Waals surface area contributed by atoms with Crippen molar-refractivity contribution in [2.75, 3.05) is 12.4 Å². The number of rotatable bonds is 3. The van der Waals surface area contributed by atoms with Crippen LogP contribution in [0.25, 0.3) is 0 Å². The third-order valence-corrected chi connectivity index (χ3v) is 3.64. The monoisotopic (exact) mass is 219 g/mol. The van der Waals surface area contributed by atoms with E-state index in [0.29, 0.717) is 6.04 Å². The van der Waals surface area contributed by atoms with Crippen LogP contribution >= 0.6 is 0 Å². The zero-order valence-electron chi connectivity index (χ0n) is 10.4. The van der Waals surface area contributed by atoms with Crippen molar-refractivity contribution >= 4 is 5.69 Å². The first kappa shape index (κ1) is 11.3. The standard InChI is InChI=1S/C14H21NO/c1-10-5-4-6-13(10)15-14-8-7-12(16-3)9-11(14)2/h7-10,13,15H,4-6H2,1-3H3. The van der Waals surface area contributed by atoms with Crippen LogP contribution in [0.1, 0.15) is 31.7 Å². The molecule has 2 nitrogen and oxygen atoms in total. The molecule has 0 heterocycles. The summed E-state index contributed by atoms with van der Waals surface area (Å²) in [6, 6.07) is 6.88. The molecule has 2 heteroatoms. The molecule has 2 atom stereocenters. The van der Waals surface area contributed by atoms with Gasteiger partial charge in [-0.15, -0.1) is 0 Å². The minimum atomic E-state index is 0.645. The van der Waals surface area contributed by atoms with E-state index in [1.165, 1.54) is 30.5 Å². The summed E-state index contributed by atoms with van der Waals surface area (Å²) >= 11 is 0. The molecule has 0 amide bonds. The summed E-state index contributed by atoms with van der Waals surface area (Å²) in [5.41, 5.74) is 2.51. The third kappa shape index (κ3) is 2.31. The topological polar surface area (TPSA) is 21.3 Å². The highest BCUT2D eigenvalue weighted by Gasteiger charge is 2.23. The number of anilines is 1. The molecular weight excluding hydrogens is 198 g/mol.